The summed E-state index contributed by atoms with van der Waals surface area (Å²) < 4.78 is 6.03. The zero-order valence-corrected chi connectivity index (χ0v) is 14.7. The highest BCUT2D eigenvalue weighted by atomic mass is 16.5. The van der Waals surface area contributed by atoms with E-state index in [2.05, 4.69) is 70.2 Å². The number of ether oxygens (including phenoxy) is 1. The zero-order valence-electron chi connectivity index (χ0n) is 14.7. The van der Waals surface area contributed by atoms with Crippen molar-refractivity contribution in [2.75, 3.05) is 21.1 Å². The van der Waals surface area contributed by atoms with Crippen molar-refractivity contribution in [1.29, 1.82) is 0 Å². The first kappa shape index (κ1) is 18.0. The van der Waals surface area contributed by atoms with Gasteiger partial charge in [0.25, 0.3) is 0 Å². The fourth-order valence-corrected chi connectivity index (χ4v) is 3.34. The molecule has 3 nitrogen and oxygen atoms in total. The Hall–Kier alpha value is -1.06. The first-order valence-corrected chi connectivity index (χ1v) is 8.03. The molecule has 0 saturated carbocycles. The molecule has 3 heteroatoms. The monoisotopic (exact) mass is 292 g/mol. The molecule has 0 radical (unpaired) electrons. The number of para-hydroxylation sites is 1. The normalized spacial score (nSPS) is 13.8. The number of benzene rings is 1. The smallest absolute Gasteiger partial charge is 0.124 e. The Balaban J connectivity index is 3.32. The van der Waals surface area contributed by atoms with Gasteiger partial charge in [0.15, 0.2) is 0 Å². The Morgan fingerprint density at radius 3 is 2.14 bits per heavy atom. The maximum atomic E-state index is 6.03. The fraction of sp³-hybridized carbons (Fsp3) is 0.667. The summed E-state index contributed by atoms with van der Waals surface area (Å²) in [5, 5.41) is 3.53. The summed E-state index contributed by atoms with van der Waals surface area (Å²) in [6.07, 6.45) is 2.34. The second kappa shape index (κ2) is 7.81. The SMILES string of the molecule is CCC(CC)(C(NC)c1ccccc1OC(C)C)N(C)C. The quantitative estimate of drug-likeness (QED) is 0.787. The first-order chi connectivity index (χ1) is 9.92. The molecule has 1 rings (SSSR count). The predicted molar refractivity (Wildman–Crippen MR) is 91.0 cm³/mol. The van der Waals surface area contributed by atoms with Gasteiger partial charge in [0, 0.05) is 11.1 Å². The number of nitrogens with one attached hydrogen (secondary N) is 1. The van der Waals surface area contributed by atoms with Crippen LogP contribution in [0.4, 0.5) is 0 Å². The van der Waals surface area contributed by atoms with Crippen LogP contribution in [0.15, 0.2) is 24.3 Å². The lowest BCUT2D eigenvalue weighted by Crippen LogP contribution is -2.52. The van der Waals surface area contributed by atoms with E-state index in [-0.39, 0.29) is 17.7 Å². The van der Waals surface area contributed by atoms with E-state index in [1.54, 1.807) is 0 Å². The Morgan fingerprint density at radius 1 is 1.14 bits per heavy atom. The third-order valence-corrected chi connectivity index (χ3v) is 4.53. The number of rotatable bonds is 8. The van der Waals surface area contributed by atoms with E-state index in [0.29, 0.717) is 0 Å². The van der Waals surface area contributed by atoms with Crippen molar-refractivity contribution in [3.63, 3.8) is 0 Å². The zero-order chi connectivity index (χ0) is 16.0. The number of likely N-dealkylation sites (N-methyl/N-ethyl adjacent to an activating group) is 2. The molecule has 0 fully saturated rings. The summed E-state index contributed by atoms with van der Waals surface area (Å²) in [5.41, 5.74) is 1.32. The molecule has 0 aliphatic carbocycles. The number of hydrogen-bond acceptors (Lipinski definition) is 3. The minimum atomic E-state index is 0.0746. The molecule has 1 unspecified atom stereocenters. The maximum Gasteiger partial charge on any atom is 0.124 e. The van der Waals surface area contributed by atoms with Crippen LogP contribution in [0.2, 0.25) is 0 Å². The summed E-state index contributed by atoms with van der Waals surface area (Å²) >= 11 is 0. The lowest BCUT2D eigenvalue weighted by molar-refractivity contribution is 0.0893. The molecule has 0 bridgehead atoms. The number of hydrogen-bond donors (Lipinski definition) is 1. The van der Waals surface area contributed by atoms with E-state index in [1.165, 1.54) is 5.56 Å². The molecule has 0 amide bonds. The third kappa shape index (κ3) is 3.78. The Morgan fingerprint density at radius 2 is 1.71 bits per heavy atom. The summed E-state index contributed by atoms with van der Waals surface area (Å²) in [6.45, 7) is 8.67. The van der Waals surface area contributed by atoms with Crippen molar-refractivity contribution < 1.29 is 4.74 Å². The van der Waals surface area contributed by atoms with Gasteiger partial charge in [0.2, 0.25) is 0 Å². The molecule has 1 aromatic carbocycles. The van der Waals surface area contributed by atoms with Crippen LogP contribution in [0.5, 0.6) is 5.75 Å². The highest BCUT2D eigenvalue weighted by Crippen LogP contribution is 2.39. The molecule has 0 heterocycles. The molecular formula is C18H32N2O. The standard InChI is InChI=1S/C18H32N2O/c1-8-18(9-2,20(6)7)17(19-5)15-12-10-11-13-16(15)21-14(3)4/h10-14,17,19H,8-9H2,1-7H3. The summed E-state index contributed by atoms with van der Waals surface area (Å²) in [4.78, 5) is 2.35. The Bertz CT molecular complexity index is 425. The average molecular weight is 292 g/mol. The van der Waals surface area contributed by atoms with Crippen LogP contribution < -0.4 is 10.1 Å². The topological polar surface area (TPSA) is 24.5 Å². The Kier molecular flexibility index (Phi) is 6.69. The van der Waals surface area contributed by atoms with E-state index in [9.17, 15) is 0 Å². The summed E-state index contributed by atoms with van der Waals surface area (Å²) in [6, 6.07) is 8.63. The van der Waals surface area contributed by atoms with Crippen molar-refractivity contribution in [2.24, 2.45) is 0 Å². The van der Waals surface area contributed by atoms with Gasteiger partial charge in [0.1, 0.15) is 5.75 Å². The second-order valence-electron chi connectivity index (χ2n) is 6.13. The molecular weight excluding hydrogens is 260 g/mol. The summed E-state index contributed by atoms with van der Waals surface area (Å²) in [5.74, 6) is 0.986. The molecule has 21 heavy (non-hydrogen) atoms. The molecule has 0 aliphatic rings. The molecule has 0 saturated heterocycles. The van der Waals surface area contributed by atoms with Crippen molar-refractivity contribution in [1.82, 2.24) is 10.2 Å². The van der Waals surface area contributed by atoms with Gasteiger partial charge in [-0.05, 0) is 53.9 Å². The van der Waals surface area contributed by atoms with Crippen molar-refractivity contribution in [3.8, 4) is 5.75 Å². The van der Waals surface area contributed by atoms with Crippen molar-refractivity contribution in [2.45, 2.75) is 58.2 Å². The fourth-order valence-electron chi connectivity index (χ4n) is 3.34. The van der Waals surface area contributed by atoms with Gasteiger partial charge < -0.3 is 15.0 Å². The average Bonchev–Trinajstić information content (AvgIpc) is 2.45. The third-order valence-electron chi connectivity index (χ3n) is 4.53. The molecule has 1 aromatic rings. The van der Waals surface area contributed by atoms with E-state index in [1.807, 2.05) is 13.1 Å². The predicted octanol–water partition coefficient (Wildman–Crippen LogP) is 3.85. The van der Waals surface area contributed by atoms with Gasteiger partial charge in [0.05, 0.1) is 12.1 Å². The molecule has 1 atom stereocenters. The lowest BCUT2D eigenvalue weighted by atomic mass is 9.79. The summed E-state index contributed by atoms with van der Waals surface area (Å²) in [7, 11) is 6.38. The van der Waals surface area contributed by atoms with E-state index in [0.717, 1.165) is 18.6 Å². The van der Waals surface area contributed by atoms with E-state index >= 15 is 0 Å². The lowest BCUT2D eigenvalue weighted by Gasteiger charge is -2.45. The van der Waals surface area contributed by atoms with Crippen LogP contribution in [0, 0.1) is 0 Å². The van der Waals surface area contributed by atoms with Gasteiger partial charge in [-0.15, -0.1) is 0 Å². The van der Waals surface area contributed by atoms with Crippen LogP contribution in [0.3, 0.4) is 0 Å². The molecule has 0 aromatic heterocycles. The van der Waals surface area contributed by atoms with Gasteiger partial charge in [-0.2, -0.15) is 0 Å². The molecule has 0 aliphatic heterocycles. The Labute approximate surface area is 130 Å². The minimum absolute atomic E-state index is 0.0746. The minimum Gasteiger partial charge on any atom is -0.491 e. The van der Waals surface area contributed by atoms with E-state index in [4.69, 9.17) is 4.74 Å². The maximum absolute atomic E-state index is 6.03. The van der Waals surface area contributed by atoms with Crippen LogP contribution in [0.25, 0.3) is 0 Å². The van der Waals surface area contributed by atoms with Crippen LogP contribution in [-0.2, 0) is 0 Å². The van der Waals surface area contributed by atoms with Gasteiger partial charge in [-0.1, -0.05) is 32.0 Å². The molecule has 0 spiro atoms. The second-order valence-corrected chi connectivity index (χ2v) is 6.13. The highest BCUT2D eigenvalue weighted by molar-refractivity contribution is 5.38. The van der Waals surface area contributed by atoms with Crippen LogP contribution in [0.1, 0.15) is 52.1 Å². The van der Waals surface area contributed by atoms with Crippen LogP contribution in [-0.4, -0.2) is 37.7 Å². The first-order valence-electron chi connectivity index (χ1n) is 8.03. The highest BCUT2D eigenvalue weighted by Gasteiger charge is 2.39. The van der Waals surface area contributed by atoms with Gasteiger partial charge in [-0.3, -0.25) is 0 Å². The van der Waals surface area contributed by atoms with Crippen LogP contribution >= 0.6 is 0 Å². The van der Waals surface area contributed by atoms with Gasteiger partial charge >= 0.3 is 0 Å². The molecule has 120 valence electrons. The van der Waals surface area contributed by atoms with Crippen molar-refractivity contribution in [3.05, 3.63) is 29.8 Å². The largest absolute Gasteiger partial charge is 0.491 e. The van der Waals surface area contributed by atoms with Gasteiger partial charge in [-0.25, -0.2) is 0 Å². The molecule has 1 N–H and O–H groups in total. The number of nitrogens with zero attached hydrogens (tertiary/aromatic N) is 1. The van der Waals surface area contributed by atoms with Crippen molar-refractivity contribution >= 4 is 0 Å². The van der Waals surface area contributed by atoms with E-state index < -0.39 is 0 Å².